The summed E-state index contributed by atoms with van der Waals surface area (Å²) in [4.78, 5) is 38.8. The van der Waals surface area contributed by atoms with Crippen LogP contribution < -0.4 is 0 Å². The van der Waals surface area contributed by atoms with Crippen LogP contribution in [0.25, 0.3) is 0 Å². The van der Waals surface area contributed by atoms with Crippen molar-refractivity contribution in [1.82, 2.24) is 0 Å². The molecule has 2 unspecified atom stereocenters. The molecule has 47 heavy (non-hydrogen) atoms. The highest BCUT2D eigenvalue weighted by Crippen LogP contribution is 2.32. The summed E-state index contributed by atoms with van der Waals surface area (Å²) in [5.74, 6) is -3.13. The van der Waals surface area contributed by atoms with Gasteiger partial charge in [-0.3, -0.25) is 14.4 Å². The molecule has 0 aliphatic carbocycles. The van der Waals surface area contributed by atoms with Gasteiger partial charge >= 0.3 is 5.97 Å². The number of hydrogen-bond acceptors (Lipinski definition) is 7. The van der Waals surface area contributed by atoms with Gasteiger partial charge in [0.05, 0.1) is 13.2 Å². The van der Waals surface area contributed by atoms with E-state index in [4.69, 9.17) is 14.2 Å². The number of aliphatic hydroxyl groups excluding tert-OH is 1. The van der Waals surface area contributed by atoms with Crippen molar-refractivity contribution in [3.05, 3.63) is 179 Å². The van der Waals surface area contributed by atoms with Gasteiger partial charge in [0.2, 0.25) is 0 Å². The maximum absolute atomic E-state index is 13.5. The topological polar surface area (TPSA) is 99.1 Å². The van der Waals surface area contributed by atoms with Crippen molar-refractivity contribution in [3.63, 3.8) is 0 Å². The monoisotopic (exact) mass is 630 g/mol. The predicted molar refractivity (Wildman–Crippen MR) is 180 cm³/mol. The highest BCUT2D eigenvalue weighted by Gasteiger charge is 2.46. The minimum atomic E-state index is -2.06. The fourth-order valence-electron chi connectivity index (χ4n) is 4.80. The Bertz CT molecular complexity index is 1670. The van der Waals surface area contributed by atoms with E-state index in [1.54, 1.807) is 123 Å². The van der Waals surface area contributed by atoms with Crippen LogP contribution in [-0.2, 0) is 14.2 Å². The average molecular weight is 631 g/mol. The van der Waals surface area contributed by atoms with Gasteiger partial charge < -0.3 is 19.3 Å². The number of ketones is 3. The molecule has 0 aliphatic rings. The van der Waals surface area contributed by atoms with Gasteiger partial charge in [-0.1, -0.05) is 152 Å². The van der Waals surface area contributed by atoms with Crippen LogP contribution in [0.3, 0.4) is 0 Å². The van der Waals surface area contributed by atoms with E-state index in [1.165, 1.54) is 0 Å². The smallest absolute Gasteiger partial charge is 0.352 e. The first-order chi connectivity index (χ1) is 22.9. The molecule has 0 amide bonds. The van der Waals surface area contributed by atoms with Crippen LogP contribution in [0.5, 0.6) is 0 Å². The van der Waals surface area contributed by atoms with Crippen molar-refractivity contribution in [1.29, 1.82) is 0 Å². The second kappa shape index (κ2) is 17.6. The number of benzene rings is 5. The van der Waals surface area contributed by atoms with Gasteiger partial charge in [0.25, 0.3) is 5.78 Å². The summed E-state index contributed by atoms with van der Waals surface area (Å²) in [6, 6.07) is 44.2. The molecule has 0 aromatic heterocycles. The first-order valence-electron chi connectivity index (χ1n) is 15.4. The van der Waals surface area contributed by atoms with Crippen molar-refractivity contribution in [2.45, 2.75) is 32.0 Å². The lowest BCUT2D eigenvalue weighted by Crippen LogP contribution is -2.49. The van der Waals surface area contributed by atoms with E-state index in [1.807, 2.05) is 42.5 Å². The number of carbonyl (C=O) groups excluding carboxylic acids is 3. The maximum atomic E-state index is 13.5. The first kappa shape index (κ1) is 34.8. The third-order valence-corrected chi connectivity index (χ3v) is 7.08. The van der Waals surface area contributed by atoms with E-state index in [9.17, 15) is 19.5 Å². The number of aliphatic hydroxyl groups is 1. The summed E-state index contributed by atoms with van der Waals surface area (Å²) < 4.78 is 17.8. The van der Waals surface area contributed by atoms with Crippen LogP contribution in [0.4, 0.5) is 0 Å². The molecular weight excluding hydrogens is 592 g/mol. The number of rotatable bonds is 14. The zero-order chi connectivity index (χ0) is 33.5. The fourth-order valence-corrected chi connectivity index (χ4v) is 4.80. The molecule has 7 heteroatoms. The van der Waals surface area contributed by atoms with E-state index in [0.717, 1.165) is 0 Å². The molecule has 240 valence electrons. The molecule has 0 radical (unpaired) electrons. The highest BCUT2D eigenvalue weighted by atomic mass is 16.9. The van der Waals surface area contributed by atoms with Gasteiger partial charge in [-0.05, 0) is 25.0 Å². The van der Waals surface area contributed by atoms with Crippen LogP contribution in [0, 0.1) is 0 Å². The molecule has 5 aromatic carbocycles. The van der Waals surface area contributed by atoms with Crippen molar-refractivity contribution in [2.75, 3.05) is 13.2 Å². The first-order valence-corrected chi connectivity index (χ1v) is 15.4. The van der Waals surface area contributed by atoms with E-state index < -0.39 is 24.0 Å². The molecule has 0 bridgehead atoms. The molecule has 0 heterocycles. The molecule has 2 atom stereocenters. The molecule has 7 nitrogen and oxygen atoms in total. The molecule has 1 N–H and O–H groups in total. The second-order valence-electron chi connectivity index (χ2n) is 10.3. The summed E-state index contributed by atoms with van der Waals surface area (Å²) in [5, 5.41) is 9.89. The Balaban J connectivity index is 0.000000261. The van der Waals surface area contributed by atoms with E-state index in [0.29, 0.717) is 27.8 Å². The molecule has 0 saturated heterocycles. The average Bonchev–Trinajstić information content (AvgIpc) is 3.15. The summed E-state index contributed by atoms with van der Waals surface area (Å²) in [6.45, 7) is 3.79. The molecular formula is C40H38O7. The van der Waals surface area contributed by atoms with Crippen LogP contribution >= 0.6 is 0 Å². The largest absolute Gasteiger partial charge is 0.380 e. The lowest BCUT2D eigenvalue weighted by atomic mass is 9.99. The molecule has 5 rings (SSSR count). The maximum Gasteiger partial charge on any atom is 0.352 e. The summed E-state index contributed by atoms with van der Waals surface area (Å²) in [5.41, 5.74) is 2.57. The highest BCUT2D eigenvalue weighted by molar-refractivity contribution is 6.02. The number of ether oxygens (including phenoxy) is 3. The third kappa shape index (κ3) is 9.25. The van der Waals surface area contributed by atoms with Crippen molar-refractivity contribution in [2.24, 2.45) is 0 Å². The van der Waals surface area contributed by atoms with Crippen LogP contribution in [0.15, 0.2) is 152 Å². The van der Waals surface area contributed by atoms with Gasteiger partial charge in [-0.2, -0.15) is 0 Å². The van der Waals surface area contributed by atoms with Gasteiger partial charge in [0.15, 0.2) is 17.7 Å². The Kier molecular flexibility index (Phi) is 13.0. The Morgan fingerprint density at radius 1 is 0.532 bits per heavy atom. The van der Waals surface area contributed by atoms with E-state index in [2.05, 4.69) is 0 Å². The predicted octanol–water partition coefficient (Wildman–Crippen LogP) is 7.84. The number of Topliss-reactive ketones (excluding diaryl/α,β-unsaturated/α-hetero) is 3. The minimum Gasteiger partial charge on any atom is -0.380 e. The van der Waals surface area contributed by atoms with Gasteiger partial charge in [-0.15, -0.1) is 0 Å². The quantitative estimate of drug-likeness (QED) is 0.0986. The zero-order valence-corrected chi connectivity index (χ0v) is 26.4. The van der Waals surface area contributed by atoms with Crippen molar-refractivity contribution >= 4 is 17.3 Å². The van der Waals surface area contributed by atoms with E-state index >= 15 is 0 Å². The van der Waals surface area contributed by atoms with Crippen LogP contribution in [-0.4, -0.2) is 41.6 Å². The molecule has 5 aromatic rings. The molecule has 0 spiro atoms. The summed E-state index contributed by atoms with van der Waals surface area (Å²) in [7, 11) is 0. The van der Waals surface area contributed by atoms with Crippen molar-refractivity contribution in [3.8, 4) is 0 Å². The third-order valence-electron chi connectivity index (χ3n) is 7.08. The minimum absolute atomic E-state index is 0.152. The van der Waals surface area contributed by atoms with Crippen LogP contribution in [0.1, 0.15) is 68.3 Å². The Labute approximate surface area is 275 Å². The lowest BCUT2D eigenvalue weighted by molar-refractivity contribution is -0.350. The van der Waals surface area contributed by atoms with Crippen molar-refractivity contribution < 1.29 is 33.7 Å². The fraction of sp³-hybridized carbons (Fsp3) is 0.175. The van der Waals surface area contributed by atoms with E-state index in [-0.39, 0.29) is 24.8 Å². The Morgan fingerprint density at radius 3 is 1.32 bits per heavy atom. The summed E-state index contributed by atoms with van der Waals surface area (Å²) >= 11 is 0. The zero-order valence-electron chi connectivity index (χ0n) is 26.4. The second-order valence-corrected chi connectivity index (χ2v) is 10.3. The SMILES string of the molecule is CCOC(OCC)(OC(C(=O)c1ccccc1)c1ccccc1)C(=O)c1ccccc1.O=C(c1ccccc1)C(O)c1ccccc1. The van der Waals surface area contributed by atoms with Gasteiger partial charge in [0, 0.05) is 16.7 Å². The Morgan fingerprint density at radius 2 is 0.894 bits per heavy atom. The summed E-state index contributed by atoms with van der Waals surface area (Å²) in [6.07, 6.45) is -2.18. The van der Waals surface area contributed by atoms with Crippen LogP contribution in [0.2, 0.25) is 0 Å². The number of hydrogen-bond donors (Lipinski definition) is 1. The molecule has 0 saturated carbocycles. The molecule has 0 fully saturated rings. The number of carbonyl (C=O) groups is 3. The standard InChI is InChI=1S/C26H26O5.C14H12O2/c1-3-29-26(30-4-2,25(28)22-18-12-7-13-19-22)31-24(21-16-10-6-11-17-21)23(27)20-14-8-5-9-15-20;15-13(11-7-3-1-4-8-11)14(16)12-9-5-2-6-10-12/h5-19,24H,3-4H2,1-2H3;1-10,13,15H. The lowest BCUT2D eigenvalue weighted by Gasteiger charge is -2.34. The van der Waals surface area contributed by atoms with Gasteiger partial charge in [0.1, 0.15) is 6.10 Å². The van der Waals surface area contributed by atoms with Gasteiger partial charge in [-0.25, -0.2) is 0 Å². The normalized spacial score (nSPS) is 12.2. The molecule has 0 aliphatic heterocycles. The Hall–Kier alpha value is -5.05.